The van der Waals surface area contributed by atoms with Crippen LogP contribution in [0.15, 0.2) is 59.6 Å². The van der Waals surface area contributed by atoms with Crippen LogP contribution in [-0.2, 0) is 16.0 Å². The number of ether oxygens (including phenoxy) is 1. The van der Waals surface area contributed by atoms with E-state index in [2.05, 4.69) is 41.5 Å². The van der Waals surface area contributed by atoms with Crippen molar-refractivity contribution >= 4 is 62.7 Å². The van der Waals surface area contributed by atoms with Crippen molar-refractivity contribution in [1.82, 2.24) is 9.88 Å². The topological polar surface area (TPSA) is 71.5 Å². The molecule has 1 aliphatic rings. The zero-order chi connectivity index (χ0) is 26.2. The van der Waals surface area contributed by atoms with Gasteiger partial charge < -0.3 is 10.1 Å². The van der Waals surface area contributed by atoms with Gasteiger partial charge in [-0.1, -0.05) is 72.4 Å². The first-order valence-corrected chi connectivity index (χ1v) is 14.1. The number of aryl methyl sites for hydroxylation is 1. The Morgan fingerprint density at radius 1 is 1.16 bits per heavy atom. The highest BCUT2D eigenvalue weighted by molar-refractivity contribution is 8.26. The maximum absolute atomic E-state index is 12.8. The van der Waals surface area contributed by atoms with Crippen LogP contribution in [0.3, 0.4) is 0 Å². The van der Waals surface area contributed by atoms with Gasteiger partial charge in [0.25, 0.3) is 5.91 Å². The number of unbranched alkanes of at least 4 members (excludes halogenated alkanes) is 2. The molecule has 6 nitrogen and oxygen atoms in total. The van der Waals surface area contributed by atoms with Crippen LogP contribution in [0.1, 0.15) is 47.3 Å². The molecule has 0 aliphatic carbocycles. The minimum atomic E-state index is -0.0613. The predicted octanol–water partition coefficient (Wildman–Crippen LogP) is 6.45. The molecule has 1 aromatic heterocycles. The zero-order valence-corrected chi connectivity index (χ0v) is 23.3. The molecule has 1 fully saturated rings. The SMILES string of the molecule is COc1ccc(/C=C2\SC(=S)N(CCCCCC(=O)Nc3ncc(Cc4cccc(C)c4)s3)C2=O)cc1. The quantitative estimate of drug-likeness (QED) is 0.168. The number of aromatic nitrogens is 1. The maximum Gasteiger partial charge on any atom is 0.266 e. The number of amides is 2. The zero-order valence-electron chi connectivity index (χ0n) is 20.9. The van der Waals surface area contributed by atoms with Gasteiger partial charge in [-0.05, 0) is 49.1 Å². The van der Waals surface area contributed by atoms with Crippen molar-refractivity contribution in [3.05, 3.63) is 81.2 Å². The monoisotopic (exact) mass is 551 g/mol. The van der Waals surface area contributed by atoms with Crippen molar-refractivity contribution in [3.8, 4) is 5.75 Å². The fraction of sp³-hybridized carbons (Fsp3) is 0.286. The van der Waals surface area contributed by atoms with E-state index < -0.39 is 0 Å². The number of thiocarbonyl (C=S) groups is 1. The number of rotatable bonds is 11. The van der Waals surface area contributed by atoms with Crippen molar-refractivity contribution < 1.29 is 14.3 Å². The van der Waals surface area contributed by atoms with Crippen molar-refractivity contribution in [2.45, 2.75) is 39.0 Å². The molecule has 37 heavy (non-hydrogen) atoms. The van der Waals surface area contributed by atoms with Crippen LogP contribution in [0, 0.1) is 6.92 Å². The lowest BCUT2D eigenvalue weighted by Gasteiger charge is -2.14. The van der Waals surface area contributed by atoms with Crippen LogP contribution in [0.2, 0.25) is 0 Å². The third-order valence-electron chi connectivity index (χ3n) is 5.83. The van der Waals surface area contributed by atoms with Gasteiger partial charge in [0.15, 0.2) is 5.13 Å². The van der Waals surface area contributed by atoms with Crippen LogP contribution in [-0.4, -0.2) is 39.7 Å². The van der Waals surface area contributed by atoms with E-state index >= 15 is 0 Å². The summed E-state index contributed by atoms with van der Waals surface area (Å²) in [4.78, 5) is 32.9. The van der Waals surface area contributed by atoms with Gasteiger partial charge in [0, 0.05) is 30.5 Å². The van der Waals surface area contributed by atoms with E-state index in [1.165, 1.54) is 34.2 Å². The standard InChI is InChI=1S/C28H29N3O3S3/c1-19-7-6-8-21(15-19)16-23-18-29-27(36-23)30-25(32)9-4-3-5-14-31-26(33)24(37-28(31)35)17-20-10-12-22(34-2)13-11-20/h6-8,10-13,15,17-18H,3-5,9,14,16H2,1-2H3,(H,29,30,32)/b24-17-. The summed E-state index contributed by atoms with van der Waals surface area (Å²) < 4.78 is 5.75. The smallest absolute Gasteiger partial charge is 0.266 e. The summed E-state index contributed by atoms with van der Waals surface area (Å²) in [6.07, 6.45) is 7.27. The summed E-state index contributed by atoms with van der Waals surface area (Å²) in [5.41, 5.74) is 3.39. The lowest BCUT2D eigenvalue weighted by Crippen LogP contribution is -2.29. The number of hydrogen-bond donors (Lipinski definition) is 1. The number of hydrogen-bond acceptors (Lipinski definition) is 7. The van der Waals surface area contributed by atoms with Crippen molar-refractivity contribution in [2.75, 3.05) is 19.0 Å². The van der Waals surface area contributed by atoms with Crippen LogP contribution >= 0.6 is 35.3 Å². The van der Waals surface area contributed by atoms with Gasteiger partial charge in [-0.25, -0.2) is 4.98 Å². The average Bonchev–Trinajstić information content (AvgIpc) is 3.42. The van der Waals surface area contributed by atoms with Gasteiger partial charge in [-0.2, -0.15) is 0 Å². The van der Waals surface area contributed by atoms with Crippen molar-refractivity contribution in [2.24, 2.45) is 0 Å². The van der Waals surface area contributed by atoms with Gasteiger partial charge >= 0.3 is 0 Å². The van der Waals surface area contributed by atoms with Gasteiger partial charge in [-0.3, -0.25) is 14.5 Å². The molecule has 1 N–H and O–H groups in total. The summed E-state index contributed by atoms with van der Waals surface area (Å²) in [5, 5.41) is 3.54. The largest absolute Gasteiger partial charge is 0.497 e. The Hall–Kier alpha value is -3.01. The van der Waals surface area contributed by atoms with E-state index in [1.807, 2.05) is 36.5 Å². The highest BCUT2D eigenvalue weighted by atomic mass is 32.2. The number of thiazole rings is 1. The van der Waals surface area contributed by atoms with E-state index in [9.17, 15) is 9.59 Å². The molecule has 2 aromatic carbocycles. The van der Waals surface area contributed by atoms with Gasteiger partial charge in [0.05, 0.1) is 12.0 Å². The molecule has 2 amide bonds. The summed E-state index contributed by atoms with van der Waals surface area (Å²) in [6, 6.07) is 15.9. The molecule has 1 aliphatic heterocycles. The fourth-order valence-corrected chi connectivity index (χ4v) is 6.10. The Labute approximate surface area is 231 Å². The molecule has 0 saturated carbocycles. The predicted molar refractivity (Wildman–Crippen MR) is 156 cm³/mol. The molecule has 3 aromatic rings. The summed E-state index contributed by atoms with van der Waals surface area (Å²) in [6.45, 7) is 2.64. The second kappa shape index (κ2) is 13.0. The number of nitrogens with zero attached hydrogens (tertiary/aromatic N) is 2. The summed E-state index contributed by atoms with van der Waals surface area (Å²) in [5.74, 6) is 0.672. The molecule has 1 saturated heterocycles. The number of methoxy groups -OCH3 is 1. The van der Waals surface area contributed by atoms with Crippen molar-refractivity contribution in [3.63, 3.8) is 0 Å². The number of nitrogens with one attached hydrogen (secondary N) is 1. The molecular formula is C28H29N3O3S3. The number of benzene rings is 2. The molecule has 0 spiro atoms. The Morgan fingerprint density at radius 3 is 2.73 bits per heavy atom. The molecule has 0 bridgehead atoms. The van der Waals surface area contributed by atoms with E-state index in [1.54, 1.807) is 12.0 Å². The first-order valence-electron chi connectivity index (χ1n) is 12.1. The second-order valence-electron chi connectivity index (χ2n) is 8.76. The van der Waals surface area contributed by atoms with Gasteiger partial charge in [0.2, 0.25) is 5.91 Å². The lowest BCUT2D eigenvalue weighted by atomic mass is 10.1. The van der Waals surface area contributed by atoms with E-state index in [0.29, 0.717) is 27.3 Å². The highest BCUT2D eigenvalue weighted by Gasteiger charge is 2.31. The Kier molecular flexibility index (Phi) is 9.49. The Morgan fingerprint density at radius 2 is 1.97 bits per heavy atom. The molecule has 4 rings (SSSR count). The maximum atomic E-state index is 12.8. The highest BCUT2D eigenvalue weighted by Crippen LogP contribution is 2.33. The van der Waals surface area contributed by atoms with Gasteiger partial charge in [0.1, 0.15) is 10.1 Å². The number of carbonyl (C=O) groups excluding carboxylic acids is 2. The third kappa shape index (κ3) is 7.74. The third-order valence-corrected chi connectivity index (χ3v) is 8.12. The van der Waals surface area contributed by atoms with E-state index in [0.717, 1.165) is 41.9 Å². The minimum absolute atomic E-state index is 0.0375. The molecule has 0 atom stereocenters. The molecule has 0 radical (unpaired) electrons. The van der Waals surface area contributed by atoms with Gasteiger partial charge in [-0.15, -0.1) is 11.3 Å². The van der Waals surface area contributed by atoms with Crippen LogP contribution in [0.4, 0.5) is 5.13 Å². The van der Waals surface area contributed by atoms with E-state index in [4.69, 9.17) is 17.0 Å². The molecule has 9 heteroatoms. The number of anilines is 1. The van der Waals surface area contributed by atoms with Crippen LogP contribution < -0.4 is 10.1 Å². The first kappa shape index (κ1) is 27.0. The average molecular weight is 552 g/mol. The fourth-order valence-electron chi connectivity index (χ4n) is 3.93. The molecule has 0 unspecified atom stereocenters. The second-order valence-corrected chi connectivity index (χ2v) is 11.6. The van der Waals surface area contributed by atoms with Crippen LogP contribution in [0.25, 0.3) is 6.08 Å². The molecule has 2 heterocycles. The van der Waals surface area contributed by atoms with Crippen LogP contribution in [0.5, 0.6) is 5.75 Å². The number of thioether (sulfide) groups is 1. The normalized spacial score (nSPS) is 14.4. The molecular weight excluding hydrogens is 523 g/mol. The van der Waals surface area contributed by atoms with E-state index in [-0.39, 0.29) is 11.8 Å². The summed E-state index contributed by atoms with van der Waals surface area (Å²) in [7, 11) is 1.62. The summed E-state index contributed by atoms with van der Waals surface area (Å²) >= 11 is 8.27. The number of carbonyl (C=O) groups is 2. The lowest BCUT2D eigenvalue weighted by molar-refractivity contribution is -0.122. The first-order chi connectivity index (χ1) is 17.9. The molecule has 192 valence electrons. The minimum Gasteiger partial charge on any atom is -0.497 e. The Bertz CT molecular complexity index is 1300. The Balaban J connectivity index is 1.17. The van der Waals surface area contributed by atoms with Crippen molar-refractivity contribution in [1.29, 1.82) is 0 Å².